The van der Waals surface area contributed by atoms with Gasteiger partial charge in [0.1, 0.15) is 0 Å². The predicted molar refractivity (Wildman–Crippen MR) is 85.1 cm³/mol. The minimum atomic E-state index is 0.368. The number of hydrogen-bond donors (Lipinski definition) is 1. The van der Waals surface area contributed by atoms with Crippen LogP contribution in [-0.4, -0.2) is 25.8 Å². The van der Waals surface area contributed by atoms with E-state index in [-0.39, 0.29) is 0 Å². The van der Waals surface area contributed by atoms with Gasteiger partial charge in [-0.15, -0.1) is 0 Å². The van der Waals surface area contributed by atoms with Crippen molar-refractivity contribution in [2.45, 2.75) is 58.1 Å². The Kier molecular flexibility index (Phi) is 6.06. The first kappa shape index (κ1) is 15.5. The van der Waals surface area contributed by atoms with Crippen LogP contribution in [0.2, 0.25) is 0 Å². The molecule has 0 bridgehead atoms. The Balaban J connectivity index is 2.01. The van der Waals surface area contributed by atoms with Gasteiger partial charge in [0.05, 0.1) is 6.10 Å². The average molecular weight is 275 g/mol. The van der Waals surface area contributed by atoms with Crippen LogP contribution in [0.25, 0.3) is 0 Å². The summed E-state index contributed by atoms with van der Waals surface area (Å²) in [4.78, 5) is 0. The van der Waals surface area contributed by atoms with Crippen molar-refractivity contribution in [3.05, 3.63) is 35.4 Å². The first-order valence-corrected chi connectivity index (χ1v) is 8.12. The zero-order chi connectivity index (χ0) is 14.4. The molecule has 1 saturated carbocycles. The molecule has 1 aromatic carbocycles. The van der Waals surface area contributed by atoms with E-state index in [2.05, 4.69) is 43.4 Å². The van der Waals surface area contributed by atoms with Gasteiger partial charge in [0.2, 0.25) is 0 Å². The first-order chi connectivity index (χ1) is 9.78. The molecule has 0 aromatic heterocycles. The van der Waals surface area contributed by atoms with Gasteiger partial charge < -0.3 is 10.1 Å². The minimum absolute atomic E-state index is 0.368. The van der Waals surface area contributed by atoms with Crippen molar-refractivity contribution in [1.29, 1.82) is 0 Å². The summed E-state index contributed by atoms with van der Waals surface area (Å²) < 4.78 is 5.79. The molecule has 0 heterocycles. The van der Waals surface area contributed by atoms with Crippen LogP contribution < -0.4 is 5.32 Å². The molecular weight excluding hydrogens is 246 g/mol. The van der Waals surface area contributed by atoms with Crippen LogP contribution in [0.5, 0.6) is 0 Å². The van der Waals surface area contributed by atoms with Crippen LogP contribution in [-0.2, 0) is 17.6 Å². The van der Waals surface area contributed by atoms with Crippen molar-refractivity contribution in [3.63, 3.8) is 0 Å². The fraction of sp³-hybridized carbons (Fsp3) is 0.667. The summed E-state index contributed by atoms with van der Waals surface area (Å²) in [6.45, 7) is 5.50. The molecule has 2 nitrogen and oxygen atoms in total. The maximum Gasteiger partial charge on any atom is 0.0755 e. The Bertz CT molecular complexity index is 383. The lowest BCUT2D eigenvalue weighted by molar-refractivity contribution is 0.0511. The molecule has 2 heteroatoms. The first-order valence-electron chi connectivity index (χ1n) is 8.12. The molecule has 1 aliphatic carbocycles. The molecule has 2 rings (SSSR count). The Hall–Kier alpha value is -0.860. The highest BCUT2D eigenvalue weighted by Gasteiger charge is 2.36. The van der Waals surface area contributed by atoms with Crippen molar-refractivity contribution in [3.8, 4) is 0 Å². The SMILES string of the molecule is CCCNC(Cc1ccc(CC)cc1)C(OC)C1CC1. The average Bonchev–Trinajstić information content (AvgIpc) is 3.31. The summed E-state index contributed by atoms with van der Waals surface area (Å²) in [6, 6.07) is 9.51. The second kappa shape index (κ2) is 7.80. The van der Waals surface area contributed by atoms with Gasteiger partial charge in [0.15, 0.2) is 0 Å². The fourth-order valence-corrected chi connectivity index (χ4v) is 2.91. The Morgan fingerprint density at radius 3 is 2.30 bits per heavy atom. The van der Waals surface area contributed by atoms with Crippen LogP contribution in [0.1, 0.15) is 44.2 Å². The van der Waals surface area contributed by atoms with Gasteiger partial charge in [0.25, 0.3) is 0 Å². The predicted octanol–water partition coefficient (Wildman–Crippen LogP) is 3.58. The van der Waals surface area contributed by atoms with Gasteiger partial charge in [-0.2, -0.15) is 0 Å². The molecule has 0 amide bonds. The van der Waals surface area contributed by atoms with E-state index in [9.17, 15) is 0 Å². The summed E-state index contributed by atoms with van der Waals surface area (Å²) >= 11 is 0. The largest absolute Gasteiger partial charge is 0.380 e. The van der Waals surface area contributed by atoms with Gasteiger partial charge in [-0.3, -0.25) is 0 Å². The van der Waals surface area contributed by atoms with E-state index >= 15 is 0 Å². The minimum Gasteiger partial charge on any atom is -0.380 e. The van der Waals surface area contributed by atoms with Crippen molar-refractivity contribution < 1.29 is 4.74 Å². The topological polar surface area (TPSA) is 21.3 Å². The third-order valence-electron chi connectivity index (χ3n) is 4.30. The highest BCUT2D eigenvalue weighted by Crippen LogP contribution is 2.36. The quantitative estimate of drug-likeness (QED) is 0.743. The van der Waals surface area contributed by atoms with Crippen LogP contribution >= 0.6 is 0 Å². The van der Waals surface area contributed by atoms with Crippen LogP contribution in [0.3, 0.4) is 0 Å². The Morgan fingerprint density at radius 1 is 1.15 bits per heavy atom. The maximum atomic E-state index is 5.79. The maximum absolute atomic E-state index is 5.79. The highest BCUT2D eigenvalue weighted by molar-refractivity contribution is 5.23. The third kappa shape index (κ3) is 4.32. The summed E-state index contributed by atoms with van der Waals surface area (Å²) in [7, 11) is 1.86. The van der Waals surface area contributed by atoms with Crippen LogP contribution in [0.4, 0.5) is 0 Å². The molecule has 20 heavy (non-hydrogen) atoms. The van der Waals surface area contributed by atoms with Gasteiger partial charge in [-0.25, -0.2) is 0 Å². The number of methoxy groups -OCH3 is 1. The molecule has 0 aliphatic heterocycles. The molecule has 1 aliphatic rings. The molecule has 0 saturated heterocycles. The smallest absolute Gasteiger partial charge is 0.0755 e. The van der Waals surface area contributed by atoms with Crippen molar-refractivity contribution in [2.24, 2.45) is 5.92 Å². The lowest BCUT2D eigenvalue weighted by Crippen LogP contribution is -2.44. The number of rotatable bonds is 9. The summed E-state index contributed by atoms with van der Waals surface area (Å²) in [5.41, 5.74) is 2.83. The van der Waals surface area contributed by atoms with Gasteiger partial charge in [-0.1, -0.05) is 38.1 Å². The molecule has 2 unspecified atom stereocenters. The second-order valence-corrected chi connectivity index (χ2v) is 5.97. The lowest BCUT2D eigenvalue weighted by atomic mass is 9.97. The summed E-state index contributed by atoms with van der Waals surface area (Å²) in [6.07, 6.45) is 6.38. The van der Waals surface area contributed by atoms with Gasteiger partial charge in [0, 0.05) is 13.2 Å². The van der Waals surface area contributed by atoms with E-state index in [0.717, 1.165) is 25.3 Å². The molecule has 112 valence electrons. The van der Waals surface area contributed by atoms with Crippen molar-refractivity contribution in [2.75, 3.05) is 13.7 Å². The van der Waals surface area contributed by atoms with E-state index < -0.39 is 0 Å². The summed E-state index contributed by atoms with van der Waals surface area (Å²) in [5.74, 6) is 0.768. The number of aryl methyl sites for hydroxylation is 1. The van der Waals surface area contributed by atoms with Crippen LogP contribution in [0.15, 0.2) is 24.3 Å². The molecule has 1 aromatic rings. The molecular formula is C18H29NO. The zero-order valence-electron chi connectivity index (χ0n) is 13.2. The molecule has 1 fully saturated rings. The molecule has 0 radical (unpaired) electrons. The highest BCUT2D eigenvalue weighted by atomic mass is 16.5. The second-order valence-electron chi connectivity index (χ2n) is 5.97. The Labute approximate surface area is 123 Å². The summed E-state index contributed by atoms with van der Waals surface area (Å²) in [5, 5.41) is 3.69. The van der Waals surface area contributed by atoms with Crippen LogP contribution in [0, 0.1) is 5.92 Å². The molecule has 0 spiro atoms. The molecule has 1 N–H and O–H groups in total. The Morgan fingerprint density at radius 2 is 1.80 bits per heavy atom. The van der Waals surface area contributed by atoms with E-state index in [0.29, 0.717) is 12.1 Å². The number of ether oxygens (including phenoxy) is 1. The molecule has 2 atom stereocenters. The monoisotopic (exact) mass is 275 g/mol. The number of hydrogen-bond acceptors (Lipinski definition) is 2. The van der Waals surface area contributed by atoms with E-state index in [1.165, 1.54) is 30.4 Å². The van der Waals surface area contributed by atoms with E-state index in [4.69, 9.17) is 4.74 Å². The zero-order valence-corrected chi connectivity index (χ0v) is 13.2. The third-order valence-corrected chi connectivity index (χ3v) is 4.30. The van der Waals surface area contributed by atoms with Crippen molar-refractivity contribution in [1.82, 2.24) is 5.32 Å². The fourth-order valence-electron chi connectivity index (χ4n) is 2.91. The van der Waals surface area contributed by atoms with Gasteiger partial charge in [-0.05, 0) is 55.7 Å². The normalized spacial score (nSPS) is 17.9. The number of benzene rings is 1. The standard InChI is InChI=1S/C18H29NO/c1-4-12-19-17(18(20-3)16-10-11-16)13-15-8-6-14(5-2)7-9-15/h6-9,16-19H,4-5,10-13H2,1-3H3. The number of nitrogens with one attached hydrogen (secondary N) is 1. The van der Waals surface area contributed by atoms with Gasteiger partial charge >= 0.3 is 0 Å². The van der Waals surface area contributed by atoms with Crippen molar-refractivity contribution >= 4 is 0 Å². The van der Waals surface area contributed by atoms with E-state index in [1.807, 2.05) is 7.11 Å². The lowest BCUT2D eigenvalue weighted by Gasteiger charge is -2.27. The van der Waals surface area contributed by atoms with E-state index in [1.54, 1.807) is 0 Å².